The molecule has 4 aromatic carbocycles. The number of Topliss-reactive ketones (excluding diaryl/α,β-unsaturated/α-hetero) is 1. The number of methoxy groups -OCH3 is 2. The number of hydrogen-bond acceptors (Lipinski definition) is 6. The summed E-state index contributed by atoms with van der Waals surface area (Å²) >= 11 is 0. The van der Waals surface area contributed by atoms with Crippen molar-refractivity contribution in [2.24, 2.45) is 0 Å². The van der Waals surface area contributed by atoms with E-state index >= 15 is 0 Å². The van der Waals surface area contributed by atoms with Gasteiger partial charge in [-0.1, -0.05) is 60.7 Å². The van der Waals surface area contributed by atoms with E-state index in [1.54, 1.807) is 20.3 Å². The van der Waals surface area contributed by atoms with E-state index in [2.05, 4.69) is 29.2 Å². The number of benzene rings is 4. The summed E-state index contributed by atoms with van der Waals surface area (Å²) in [7, 11) is 3.26. The minimum atomic E-state index is -0.111. The average molecular weight is 520 g/mol. The van der Waals surface area contributed by atoms with Gasteiger partial charge in [-0.05, 0) is 53.5 Å². The highest BCUT2D eigenvalue weighted by atomic mass is 16.5. The second kappa shape index (κ2) is 10.3. The Labute approximate surface area is 228 Å². The normalized spacial score (nSPS) is 15.4. The van der Waals surface area contributed by atoms with Crippen LogP contribution < -0.4 is 18.9 Å². The van der Waals surface area contributed by atoms with Gasteiger partial charge in [0.25, 0.3) is 0 Å². The summed E-state index contributed by atoms with van der Waals surface area (Å²) in [6, 6.07) is 26.1. The van der Waals surface area contributed by atoms with Gasteiger partial charge in [0.05, 0.1) is 19.8 Å². The molecule has 2 aliphatic rings. The zero-order valence-corrected chi connectivity index (χ0v) is 22.2. The molecule has 2 heterocycles. The molecule has 0 bridgehead atoms. The Hall–Kier alpha value is -4.55. The number of nitrogens with zero attached hydrogens (tertiary/aromatic N) is 1. The predicted molar refractivity (Wildman–Crippen MR) is 150 cm³/mol. The van der Waals surface area contributed by atoms with E-state index < -0.39 is 0 Å². The fourth-order valence-electron chi connectivity index (χ4n) is 5.19. The SMILES string of the molecule is COc1ccc(CN2COc3c(cc4c(c3C)O/C(=C\c3ccc(-c5ccccc5)cc3)C4=O)C2)cc1OC. The topological polar surface area (TPSA) is 57.2 Å². The van der Waals surface area contributed by atoms with Crippen molar-refractivity contribution < 1.29 is 23.7 Å². The standard InChI is InChI=1S/C33H29NO5/c1-21-32-26(19-34(20-38-32)18-23-11-14-28(36-2)29(16-23)37-3)17-27-31(35)30(39-33(21)27)15-22-9-12-25(13-10-22)24-7-5-4-6-8-24/h4-17H,18-20H2,1-3H3/b30-15-. The molecule has 0 radical (unpaired) electrons. The lowest BCUT2D eigenvalue weighted by atomic mass is 9.99. The molecule has 0 fully saturated rings. The molecule has 196 valence electrons. The Kier molecular flexibility index (Phi) is 6.55. The smallest absolute Gasteiger partial charge is 0.231 e. The summed E-state index contributed by atoms with van der Waals surface area (Å²) in [6.45, 7) is 3.72. The molecule has 0 atom stereocenters. The van der Waals surface area contributed by atoms with Gasteiger partial charge in [-0.3, -0.25) is 9.69 Å². The Morgan fingerprint density at radius 2 is 1.62 bits per heavy atom. The highest BCUT2D eigenvalue weighted by Gasteiger charge is 2.33. The van der Waals surface area contributed by atoms with Crippen LogP contribution in [0.3, 0.4) is 0 Å². The molecule has 0 unspecified atom stereocenters. The molecule has 0 amide bonds. The van der Waals surface area contributed by atoms with E-state index in [0.29, 0.717) is 48.4 Å². The average Bonchev–Trinajstić information content (AvgIpc) is 3.28. The molecule has 2 aliphatic heterocycles. The summed E-state index contributed by atoms with van der Waals surface area (Å²) in [6.07, 6.45) is 1.81. The van der Waals surface area contributed by atoms with Gasteiger partial charge in [-0.25, -0.2) is 0 Å². The number of ether oxygens (including phenoxy) is 4. The minimum absolute atomic E-state index is 0.111. The quantitative estimate of drug-likeness (QED) is 0.266. The molecule has 0 aliphatic carbocycles. The maximum Gasteiger partial charge on any atom is 0.231 e. The fourth-order valence-corrected chi connectivity index (χ4v) is 5.19. The third-order valence-electron chi connectivity index (χ3n) is 7.17. The van der Waals surface area contributed by atoms with E-state index in [4.69, 9.17) is 18.9 Å². The zero-order chi connectivity index (χ0) is 26.9. The Bertz CT molecular complexity index is 1570. The third kappa shape index (κ3) is 4.75. The van der Waals surface area contributed by atoms with Crippen LogP contribution in [0, 0.1) is 6.92 Å². The molecule has 0 saturated heterocycles. The molecular formula is C33H29NO5. The molecule has 0 saturated carbocycles. The summed E-state index contributed by atoms with van der Waals surface area (Å²) in [5.41, 5.74) is 6.67. The number of hydrogen-bond donors (Lipinski definition) is 0. The number of carbonyl (C=O) groups is 1. The van der Waals surface area contributed by atoms with Crippen molar-refractivity contribution >= 4 is 11.9 Å². The van der Waals surface area contributed by atoms with Crippen LogP contribution in [-0.2, 0) is 13.1 Å². The number of fused-ring (bicyclic) bond motifs is 2. The zero-order valence-electron chi connectivity index (χ0n) is 22.2. The maximum atomic E-state index is 13.4. The molecule has 0 spiro atoms. The van der Waals surface area contributed by atoms with Gasteiger partial charge in [0, 0.05) is 24.2 Å². The van der Waals surface area contributed by atoms with Crippen LogP contribution in [0.1, 0.15) is 32.6 Å². The third-order valence-corrected chi connectivity index (χ3v) is 7.17. The second-order valence-corrected chi connectivity index (χ2v) is 9.74. The van der Waals surface area contributed by atoms with Crippen LogP contribution in [0.4, 0.5) is 0 Å². The van der Waals surface area contributed by atoms with Crippen molar-refractivity contribution in [2.75, 3.05) is 21.0 Å². The van der Waals surface area contributed by atoms with Crippen molar-refractivity contribution in [1.82, 2.24) is 4.90 Å². The molecular weight excluding hydrogens is 490 g/mol. The molecule has 0 N–H and O–H groups in total. The monoisotopic (exact) mass is 519 g/mol. The van der Waals surface area contributed by atoms with Gasteiger partial charge in [0.2, 0.25) is 5.78 Å². The first-order chi connectivity index (χ1) is 19.0. The molecule has 0 aromatic heterocycles. The number of allylic oxidation sites excluding steroid dienone is 1. The second-order valence-electron chi connectivity index (χ2n) is 9.74. The fraction of sp³-hybridized carbons (Fsp3) is 0.182. The van der Waals surface area contributed by atoms with Crippen LogP contribution >= 0.6 is 0 Å². The van der Waals surface area contributed by atoms with Crippen LogP contribution in [0.2, 0.25) is 0 Å². The van der Waals surface area contributed by atoms with E-state index in [1.165, 1.54) is 0 Å². The van der Waals surface area contributed by atoms with Gasteiger partial charge in [0.1, 0.15) is 18.2 Å². The van der Waals surface area contributed by atoms with Crippen molar-refractivity contribution in [3.8, 4) is 34.1 Å². The Morgan fingerprint density at radius 1 is 0.872 bits per heavy atom. The Balaban J connectivity index is 1.21. The van der Waals surface area contributed by atoms with Gasteiger partial charge >= 0.3 is 0 Å². The number of ketones is 1. The first-order valence-electron chi connectivity index (χ1n) is 12.9. The summed E-state index contributed by atoms with van der Waals surface area (Å²) < 4.78 is 23.1. The lowest BCUT2D eigenvalue weighted by Gasteiger charge is -2.30. The van der Waals surface area contributed by atoms with Crippen molar-refractivity contribution in [2.45, 2.75) is 20.0 Å². The van der Waals surface area contributed by atoms with Gasteiger partial charge in [-0.15, -0.1) is 0 Å². The van der Waals surface area contributed by atoms with Crippen LogP contribution in [0.5, 0.6) is 23.0 Å². The first-order valence-corrected chi connectivity index (χ1v) is 12.9. The maximum absolute atomic E-state index is 13.4. The lowest BCUT2D eigenvalue weighted by molar-refractivity contribution is 0.0876. The minimum Gasteiger partial charge on any atom is -0.493 e. The number of rotatable bonds is 6. The van der Waals surface area contributed by atoms with E-state index in [9.17, 15) is 4.79 Å². The van der Waals surface area contributed by atoms with Gasteiger partial charge in [0.15, 0.2) is 17.3 Å². The molecule has 6 nitrogen and oxygen atoms in total. The molecule has 6 rings (SSSR count). The molecule has 4 aromatic rings. The molecule has 39 heavy (non-hydrogen) atoms. The number of carbonyl (C=O) groups excluding carboxylic acids is 1. The van der Waals surface area contributed by atoms with E-state index in [1.807, 2.05) is 61.5 Å². The van der Waals surface area contributed by atoms with Gasteiger partial charge < -0.3 is 18.9 Å². The van der Waals surface area contributed by atoms with Crippen molar-refractivity contribution in [3.63, 3.8) is 0 Å². The first kappa shape index (κ1) is 24.8. The lowest BCUT2D eigenvalue weighted by Crippen LogP contribution is -2.32. The van der Waals surface area contributed by atoms with E-state index in [0.717, 1.165) is 39.1 Å². The van der Waals surface area contributed by atoms with Crippen molar-refractivity contribution in [3.05, 3.63) is 112 Å². The highest BCUT2D eigenvalue weighted by Crippen LogP contribution is 2.43. The Morgan fingerprint density at radius 3 is 2.36 bits per heavy atom. The predicted octanol–water partition coefficient (Wildman–Crippen LogP) is 6.65. The summed E-state index contributed by atoms with van der Waals surface area (Å²) in [5, 5.41) is 0. The van der Waals surface area contributed by atoms with Crippen LogP contribution in [-0.4, -0.2) is 31.6 Å². The summed E-state index contributed by atoms with van der Waals surface area (Å²) in [4.78, 5) is 15.5. The van der Waals surface area contributed by atoms with E-state index in [-0.39, 0.29) is 5.78 Å². The van der Waals surface area contributed by atoms with Crippen molar-refractivity contribution in [1.29, 1.82) is 0 Å². The van der Waals surface area contributed by atoms with Crippen LogP contribution in [0.25, 0.3) is 17.2 Å². The van der Waals surface area contributed by atoms with Gasteiger partial charge in [-0.2, -0.15) is 0 Å². The highest BCUT2D eigenvalue weighted by molar-refractivity contribution is 6.15. The molecule has 6 heteroatoms. The largest absolute Gasteiger partial charge is 0.493 e. The van der Waals surface area contributed by atoms with Crippen LogP contribution in [0.15, 0.2) is 84.6 Å². The summed E-state index contributed by atoms with van der Waals surface area (Å²) in [5.74, 6) is 2.98.